The molecule has 2 fully saturated rings. The smallest absolute Gasteiger partial charge is 0.217 e. The van der Waals surface area contributed by atoms with Crippen LogP contribution >= 0.6 is 0 Å². The van der Waals surface area contributed by atoms with E-state index in [2.05, 4.69) is 34.5 Å². The number of anilines is 1. The third-order valence-corrected chi connectivity index (χ3v) is 6.07. The fourth-order valence-electron chi connectivity index (χ4n) is 4.09. The van der Waals surface area contributed by atoms with Crippen LogP contribution in [-0.4, -0.2) is 44.4 Å². The number of carbonyl (C=O) groups excluding carboxylic acids is 1. The van der Waals surface area contributed by atoms with Crippen LogP contribution in [0.25, 0.3) is 0 Å². The normalized spacial score (nSPS) is 21.3. The van der Waals surface area contributed by atoms with E-state index < -0.39 is 0 Å². The average molecular weight is 439 g/mol. The van der Waals surface area contributed by atoms with Crippen molar-refractivity contribution in [3.8, 4) is 11.5 Å². The second-order valence-electron chi connectivity index (χ2n) is 8.79. The first-order valence-electron chi connectivity index (χ1n) is 11.6. The van der Waals surface area contributed by atoms with Crippen LogP contribution in [0.4, 0.5) is 5.69 Å². The summed E-state index contributed by atoms with van der Waals surface area (Å²) in [4.78, 5) is 13.6. The predicted molar refractivity (Wildman–Crippen MR) is 125 cm³/mol. The van der Waals surface area contributed by atoms with E-state index in [1.165, 1.54) is 19.8 Å². The van der Waals surface area contributed by atoms with Crippen LogP contribution in [0.5, 0.6) is 11.5 Å². The van der Waals surface area contributed by atoms with Crippen molar-refractivity contribution in [1.29, 1.82) is 0 Å². The number of amides is 1. The second-order valence-corrected chi connectivity index (χ2v) is 8.79. The van der Waals surface area contributed by atoms with Gasteiger partial charge in [-0.1, -0.05) is 12.1 Å². The number of hydrogen-bond acceptors (Lipinski definition) is 5. The minimum atomic E-state index is -0.0561. The van der Waals surface area contributed by atoms with Gasteiger partial charge in [-0.05, 0) is 74.6 Å². The Kier molecular flexibility index (Phi) is 7.20. The molecule has 0 bridgehead atoms. The number of nitrogens with one attached hydrogen (secondary N) is 1. The summed E-state index contributed by atoms with van der Waals surface area (Å²) in [6.45, 7) is 8.55. The summed E-state index contributed by atoms with van der Waals surface area (Å²) in [6.07, 6.45) is 2.54. The Hall–Kier alpha value is -2.73. The number of hydrogen-bond donors (Lipinski definition) is 1. The van der Waals surface area contributed by atoms with E-state index in [9.17, 15) is 4.79 Å². The van der Waals surface area contributed by atoms with Crippen molar-refractivity contribution in [2.45, 2.75) is 51.9 Å². The zero-order valence-electron chi connectivity index (χ0n) is 19.3. The van der Waals surface area contributed by atoms with Gasteiger partial charge in [0, 0.05) is 25.8 Å². The lowest BCUT2D eigenvalue weighted by Crippen LogP contribution is -2.32. The Balaban J connectivity index is 1.37. The molecule has 0 unspecified atom stereocenters. The lowest BCUT2D eigenvalue weighted by atomic mass is 10.1. The van der Waals surface area contributed by atoms with Gasteiger partial charge in [-0.3, -0.25) is 4.79 Å². The molecule has 1 aliphatic carbocycles. The topological polar surface area (TPSA) is 60.0 Å². The monoisotopic (exact) mass is 438 g/mol. The summed E-state index contributed by atoms with van der Waals surface area (Å²) in [5.41, 5.74) is 2.20. The van der Waals surface area contributed by atoms with Gasteiger partial charge in [-0.15, -0.1) is 0 Å². The number of benzene rings is 2. The molecule has 0 radical (unpaired) electrons. The largest absolute Gasteiger partial charge is 0.493 e. The number of nitrogens with zero attached hydrogens (tertiary/aromatic N) is 1. The van der Waals surface area contributed by atoms with Crippen LogP contribution in [0, 0.1) is 5.92 Å². The zero-order valence-corrected chi connectivity index (χ0v) is 19.3. The Morgan fingerprint density at radius 2 is 1.69 bits per heavy atom. The van der Waals surface area contributed by atoms with Crippen LogP contribution in [0.2, 0.25) is 0 Å². The maximum atomic E-state index is 11.3. The molecule has 1 saturated carbocycles. The maximum Gasteiger partial charge on any atom is 0.217 e. The molecule has 6 nitrogen and oxygen atoms in total. The highest BCUT2D eigenvalue weighted by Gasteiger charge is 2.35. The summed E-state index contributed by atoms with van der Waals surface area (Å²) >= 11 is 0. The SMILES string of the molecule is CCO[C@H]1CN(c2ccc(OCC3CC3)cc2)C[C@@H]1Oc1ccc([C@H](C)NC(C)=O)cc1. The molecule has 3 atom stereocenters. The molecule has 172 valence electrons. The Morgan fingerprint density at radius 3 is 2.31 bits per heavy atom. The summed E-state index contributed by atoms with van der Waals surface area (Å²) < 4.78 is 18.2. The van der Waals surface area contributed by atoms with Crippen molar-refractivity contribution in [3.05, 3.63) is 54.1 Å². The second kappa shape index (κ2) is 10.3. The third-order valence-electron chi connectivity index (χ3n) is 6.07. The van der Waals surface area contributed by atoms with Crippen LogP contribution in [0.1, 0.15) is 45.2 Å². The molecule has 32 heavy (non-hydrogen) atoms. The van der Waals surface area contributed by atoms with Crippen LogP contribution in [0.3, 0.4) is 0 Å². The quantitative estimate of drug-likeness (QED) is 0.598. The summed E-state index contributed by atoms with van der Waals surface area (Å²) in [7, 11) is 0. The van der Waals surface area contributed by atoms with Crippen molar-refractivity contribution in [3.63, 3.8) is 0 Å². The highest BCUT2D eigenvalue weighted by molar-refractivity contribution is 5.73. The number of carbonyl (C=O) groups is 1. The fraction of sp³-hybridized carbons (Fsp3) is 0.500. The molecule has 2 aromatic carbocycles. The molecular formula is C26H34N2O4. The molecule has 1 amide bonds. The van der Waals surface area contributed by atoms with E-state index in [1.807, 2.05) is 38.1 Å². The van der Waals surface area contributed by atoms with Crippen molar-refractivity contribution < 1.29 is 19.0 Å². The molecule has 4 rings (SSSR count). The molecule has 2 aliphatic rings. The van der Waals surface area contributed by atoms with Gasteiger partial charge >= 0.3 is 0 Å². The van der Waals surface area contributed by atoms with Crippen LogP contribution < -0.4 is 19.7 Å². The zero-order chi connectivity index (χ0) is 22.5. The number of ether oxygens (including phenoxy) is 3. The summed E-state index contributed by atoms with van der Waals surface area (Å²) in [6, 6.07) is 16.2. The van der Waals surface area contributed by atoms with E-state index in [-0.39, 0.29) is 24.2 Å². The third kappa shape index (κ3) is 5.94. The predicted octanol–water partition coefficient (Wildman–Crippen LogP) is 4.35. The number of rotatable bonds is 10. The molecule has 1 N–H and O–H groups in total. The molecule has 6 heteroatoms. The molecule has 1 aliphatic heterocycles. The summed E-state index contributed by atoms with van der Waals surface area (Å²) in [5, 5.41) is 2.90. The van der Waals surface area contributed by atoms with Gasteiger partial charge in [0.25, 0.3) is 0 Å². The Labute approximate surface area is 190 Å². The molecule has 0 aromatic heterocycles. The van der Waals surface area contributed by atoms with Crippen LogP contribution in [0.15, 0.2) is 48.5 Å². The van der Waals surface area contributed by atoms with E-state index >= 15 is 0 Å². The van der Waals surface area contributed by atoms with E-state index in [0.717, 1.165) is 48.4 Å². The fourth-order valence-corrected chi connectivity index (χ4v) is 4.09. The lowest BCUT2D eigenvalue weighted by molar-refractivity contribution is -0.119. The van der Waals surface area contributed by atoms with Gasteiger partial charge in [0.05, 0.1) is 19.2 Å². The van der Waals surface area contributed by atoms with Gasteiger partial charge in [0.2, 0.25) is 5.91 Å². The van der Waals surface area contributed by atoms with Crippen LogP contribution in [-0.2, 0) is 9.53 Å². The molecule has 1 heterocycles. The van der Waals surface area contributed by atoms with Gasteiger partial charge < -0.3 is 24.4 Å². The van der Waals surface area contributed by atoms with Gasteiger partial charge in [-0.2, -0.15) is 0 Å². The van der Waals surface area contributed by atoms with Crippen molar-refractivity contribution in [2.24, 2.45) is 5.92 Å². The van der Waals surface area contributed by atoms with E-state index in [0.29, 0.717) is 6.61 Å². The first-order valence-corrected chi connectivity index (χ1v) is 11.6. The van der Waals surface area contributed by atoms with Crippen molar-refractivity contribution >= 4 is 11.6 Å². The molecule has 1 saturated heterocycles. The van der Waals surface area contributed by atoms with Crippen molar-refractivity contribution in [2.75, 3.05) is 31.2 Å². The standard InChI is InChI=1S/C26H34N2O4/c1-4-30-25-15-28(22-9-13-23(14-10-22)31-17-20-5-6-20)16-26(25)32-24-11-7-21(8-12-24)18(2)27-19(3)29/h7-14,18,20,25-26H,4-6,15-17H2,1-3H3,(H,27,29)/t18-,25-,26-/m0/s1. The molecular weight excluding hydrogens is 404 g/mol. The Bertz CT molecular complexity index is 880. The molecule has 0 spiro atoms. The minimum absolute atomic E-state index is 0.00349. The minimum Gasteiger partial charge on any atom is -0.493 e. The van der Waals surface area contributed by atoms with E-state index in [4.69, 9.17) is 14.2 Å². The first-order chi connectivity index (χ1) is 15.5. The van der Waals surface area contributed by atoms with E-state index in [1.54, 1.807) is 0 Å². The molecule has 2 aromatic rings. The van der Waals surface area contributed by atoms with Gasteiger partial charge in [0.15, 0.2) is 0 Å². The average Bonchev–Trinajstić information content (AvgIpc) is 3.54. The summed E-state index contributed by atoms with van der Waals surface area (Å²) in [5.74, 6) is 2.46. The highest BCUT2D eigenvalue weighted by Crippen LogP contribution is 2.31. The lowest BCUT2D eigenvalue weighted by Gasteiger charge is -2.20. The van der Waals surface area contributed by atoms with Gasteiger partial charge in [-0.25, -0.2) is 0 Å². The van der Waals surface area contributed by atoms with Crippen molar-refractivity contribution in [1.82, 2.24) is 5.32 Å². The maximum absolute atomic E-state index is 11.3. The van der Waals surface area contributed by atoms with Gasteiger partial charge in [0.1, 0.15) is 23.7 Å². The highest BCUT2D eigenvalue weighted by atomic mass is 16.5. The Morgan fingerprint density at radius 1 is 1.03 bits per heavy atom. The first kappa shape index (κ1) is 22.5.